The van der Waals surface area contributed by atoms with E-state index in [4.69, 9.17) is 0 Å². The number of benzene rings is 1. The fourth-order valence-electron chi connectivity index (χ4n) is 2.96. The summed E-state index contributed by atoms with van der Waals surface area (Å²) in [6.45, 7) is 5.71. The third-order valence-electron chi connectivity index (χ3n) is 4.63. The van der Waals surface area contributed by atoms with Crippen molar-refractivity contribution in [2.24, 2.45) is 11.8 Å². The molecule has 144 valence electrons. The Kier molecular flexibility index (Phi) is 6.67. The smallest absolute Gasteiger partial charge is 0.356 e. The number of nitrogens with one attached hydrogen (secondary N) is 1. The summed E-state index contributed by atoms with van der Waals surface area (Å²) in [5.41, 5.74) is -0.538. The predicted molar refractivity (Wildman–Crippen MR) is 92.5 cm³/mol. The summed E-state index contributed by atoms with van der Waals surface area (Å²) in [6, 6.07) is 4.25. The Morgan fingerprint density at radius 1 is 1.15 bits per heavy atom. The zero-order valence-electron chi connectivity index (χ0n) is 15.1. The van der Waals surface area contributed by atoms with Crippen LogP contribution in [0.1, 0.15) is 49.0 Å². The second-order valence-corrected chi connectivity index (χ2v) is 7.12. The molecule has 1 saturated heterocycles. The number of likely N-dealkylation sites (tertiary alicyclic amines) is 1. The molecule has 26 heavy (non-hydrogen) atoms. The highest BCUT2D eigenvalue weighted by molar-refractivity contribution is 5.94. The summed E-state index contributed by atoms with van der Waals surface area (Å²) in [5.74, 6) is 0.141. The van der Waals surface area contributed by atoms with Crippen LogP contribution in [0.5, 0.6) is 0 Å². The van der Waals surface area contributed by atoms with Crippen molar-refractivity contribution >= 4 is 11.8 Å². The lowest BCUT2D eigenvalue weighted by Gasteiger charge is -2.31. The number of hydrogen-bond acceptors (Lipinski definition) is 2. The molecule has 1 aliphatic heterocycles. The second-order valence-electron chi connectivity index (χ2n) is 7.12. The lowest BCUT2D eigenvalue weighted by atomic mass is 9.95. The molecule has 7 heteroatoms. The van der Waals surface area contributed by atoms with Crippen molar-refractivity contribution in [3.8, 4) is 0 Å². The van der Waals surface area contributed by atoms with E-state index in [1.165, 1.54) is 12.1 Å². The van der Waals surface area contributed by atoms with Gasteiger partial charge in [0, 0.05) is 31.1 Å². The van der Waals surface area contributed by atoms with Gasteiger partial charge in [-0.05, 0) is 49.4 Å². The molecule has 0 radical (unpaired) electrons. The molecule has 2 rings (SSSR count). The molecule has 1 N–H and O–H groups in total. The third-order valence-corrected chi connectivity index (χ3v) is 4.63. The molecule has 0 aliphatic carbocycles. The second kappa shape index (κ2) is 8.56. The van der Waals surface area contributed by atoms with Gasteiger partial charge in [0.25, 0.3) is 5.91 Å². The SMILES string of the molecule is CC(C)CCNC(=O)C1CCN(C(=O)c2ccc(C(F)(F)F)cc2)CC1. The van der Waals surface area contributed by atoms with Crippen molar-refractivity contribution in [2.45, 2.75) is 39.3 Å². The monoisotopic (exact) mass is 370 g/mol. The maximum atomic E-state index is 12.6. The average Bonchev–Trinajstić information content (AvgIpc) is 2.60. The number of nitrogens with zero attached hydrogens (tertiary/aromatic N) is 1. The number of rotatable bonds is 5. The lowest BCUT2D eigenvalue weighted by molar-refractivity contribution is -0.137. The Hall–Kier alpha value is -2.05. The van der Waals surface area contributed by atoms with Crippen molar-refractivity contribution in [1.82, 2.24) is 10.2 Å². The van der Waals surface area contributed by atoms with E-state index in [-0.39, 0.29) is 23.3 Å². The molecule has 4 nitrogen and oxygen atoms in total. The van der Waals surface area contributed by atoms with Crippen LogP contribution in [0.15, 0.2) is 24.3 Å². The Morgan fingerprint density at radius 2 is 1.73 bits per heavy atom. The van der Waals surface area contributed by atoms with Gasteiger partial charge in [-0.1, -0.05) is 13.8 Å². The molecule has 2 amide bonds. The van der Waals surface area contributed by atoms with Crippen LogP contribution < -0.4 is 5.32 Å². The van der Waals surface area contributed by atoms with Gasteiger partial charge < -0.3 is 10.2 Å². The molecular formula is C19H25F3N2O2. The summed E-state index contributed by atoms with van der Waals surface area (Å²) >= 11 is 0. The van der Waals surface area contributed by atoms with Gasteiger partial charge in [0.1, 0.15) is 0 Å². The maximum absolute atomic E-state index is 12.6. The molecule has 0 aromatic heterocycles. The van der Waals surface area contributed by atoms with E-state index in [0.29, 0.717) is 38.4 Å². The Morgan fingerprint density at radius 3 is 2.23 bits per heavy atom. The van der Waals surface area contributed by atoms with E-state index in [0.717, 1.165) is 18.6 Å². The fraction of sp³-hybridized carbons (Fsp3) is 0.579. The normalized spacial score (nSPS) is 16.0. The Balaban J connectivity index is 1.85. The summed E-state index contributed by atoms with van der Waals surface area (Å²) < 4.78 is 37.8. The summed E-state index contributed by atoms with van der Waals surface area (Å²) in [6.07, 6.45) is -2.35. The van der Waals surface area contributed by atoms with E-state index in [9.17, 15) is 22.8 Å². The van der Waals surface area contributed by atoms with E-state index < -0.39 is 11.7 Å². The van der Waals surface area contributed by atoms with Gasteiger partial charge in [0.15, 0.2) is 0 Å². The van der Waals surface area contributed by atoms with Crippen LogP contribution in [0, 0.1) is 11.8 Å². The number of carbonyl (C=O) groups is 2. The first-order valence-corrected chi connectivity index (χ1v) is 8.92. The third kappa shape index (κ3) is 5.47. The van der Waals surface area contributed by atoms with Crippen molar-refractivity contribution in [3.05, 3.63) is 35.4 Å². The zero-order chi connectivity index (χ0) is 19.3. The van der Waals surface area contributed by atoms with Crippen LogP contribution >= 0.6 is 0 Å². The van der Waals surface area contributed by atoms with Crippen LogP contribution in [-0.4, -0.2) is 36.3 Å². The first-order chi connectivity index (χ1) is 12.2. The van der Waals surface area contributed by atoms with Crippen molar-refractivity contribution in [2.75, 3.05) is 19.6 Å². The molecule has 1 aliphatic rings. The van der Waals surface area contributed by atoms with Crippen molar-refractivity contribution in [3.63, 3.8) is 0 Å². The summed E-state index contributed by atoms with van der Waals surface area (Å²) in [5, 5.41) is 2.93. The minimum Gasteiger partial charge on any atom is -0.356 e. The van der Waals surface area contributed by atoms with Crippen molar-refractivity contribution in [1.29, 1.82) is 0 Å². The largest absolute Gasteiger partial charge is 0.416 e. The van der Waals surface area contributed by atoms with Crippen LogP contribution in [-0.2, 0) is 11.0 Å². The highest BCUT2D eigenvalue weighted by Gasteiger charge is 2.31. The van der Waals surface area contributed by atoms with Crippen LogP contribution in [0.25, 0.3) is 0 Å². The zero-order valence-corrected chi connectivity index (χ0v) is 15.1. The van der Waals surface area contributed by atoms with Gasteiger partial charge in [-0.15, -0.1) is 0 Å². The molecule has 0 spiro atoms. The molecule has 1 aromatic carbocycles. The molecule has 0 saturated carbocycles. The van der Waals surface area contributed by atoms with E-state index >= 15 is 0 Å². The molecular weight excluding hydrogens is 345 g/mol. The van der Waals surface area contributed by atoms with Crippen LogP contribution in [0.3, 0.4) is 0 Å². The maximum Gasteiger partial charge on any atom is 0.416 e. The minimum atomic E-state index is -4.41. The van der Waals surface area contributed by atoms with E-state index in [2.05, 4.69) is 19.2 Å². The number of piperidine rings is 1. The Labute approximate surface area is 151 Å². The lowest BCUT2D eigenvalue weighted by Crippen LogP contribution is -2.43. The molecule has 0 unspecified atom stereocenters. The molecule has 0 bridgehead atoms. The van der Waals surface area contributed by atoms with Gasteiger partial charge >= 0.3 is 6.18 Å². The minimum absolute atomic E-state index is 0.0206. The molecule has 1 aromatic rings. The van der Waals surface area contributed by atoms with E-state index in [1.54, 1.807) is 4.90 Å². The van der Waals surface area contributed by atoms with Gasteiger partial charge in [-0.2, -0.15) is 13.2 Å². The first kappa shape index (κ1) is 20.3. The molecule has 0 atom stereocenters. The number of amides is 2. The topological polar surface area (TPSA) is 49.4 Å². The first-order valence-electron chi connectivity index (χ1n) is 8.92. The quantitative estimate of drug-likeness (QED) is 0.859. The standard InChI is InChI=1S/C19H25F3N2O2/c1-13(2)7-10-23-17(25)14-8-11-24(12-9-14)18(26)15-3-5-16(6-4-15)19(20,21)22/h3-6,13-14H,7-12H2,1-2H3,(H,23,25). The Bertz CT molecular complexity index is 619. The number of alkyl halides is 3. The van der Waals surface area contributed by atoms with Gasteiger partial charge in [0.05, 0.1) is 5.56 Å². The van der Waals surface area contributed by atoms with Gasteiger partial charge in [-0.3, -0.25) is 9.59 Å². The molecule has 1 heterocycles. The van der Waals surface area contributed by atoms with Crippen LogP contribution in [0.2, 0.25) is 0 Å². The summed E-state index contributed by atoms with van der Waals surface area (Å²) in [7, 11) is 0. The average molecular weight is 370 g/mol. The van der Waals surface area contributed by atoms with Gasteiger partial charge in [0.2, 0.25) is 5.91 Å². The fourth-order valence-corrected chi connectivity index (χ4v) is 2.96. The number of hydrogen-bond donors (Lipinski definition) is 1. The van der Waals surface area contributed by atoms with Crippen molar-refractivity contribution < 1.29 is 22.8 Å². The molecule has 1 fully saturated rings. The highest BCUT2D eigenvalue weighted by atomic mass is 19.4. The van der Waals surface area contributed by atoms with Crippen LogP contribution in [0.4, 0.5) is 13.2 Å². The highest BCUT2D eigenvalue weighted by Crippen LogP contribution is 2.29. The van der Waals surface area contributed by atoms with Gasteiger partial charge in [-0.25, -0.2) is 0 Å². The predicted octanol–water partition coefficient (Wildman–Crippen LogP) is 3.72. The number of carbonyl (C=O) groups excluding carboxylic acids is 2. The van der Waals surface area contributed by atoms with E-state index in [1.807, 2.05) is 0 Å². The number of halogens is 3. The summed E-state index contributed by atoms with van der Waals surface area (Å²) in [4.78, 5) is 26.2.